The average Bonchev–Trinajstić information content (AvgIpc) is 3.67. The van der Waals surface area contributed by atoms with Gasteiger partial charge in [-0.1, -0.05) is 6.08 Å². The molecule has 2 fully saturated rings. The second kappa shape index (κ2) is 9.82. The zero-order chi connectivity index (χ0) is 24.5. The van der Waals surface area contributed by atoms with Gasteiger partial charge in [0, 0.05) is 59.0 Å². The molecule has 1 aliphatic carbocycles. The smallest absolute Gasteiger partial charge is 0.220 e. The topological polar surface area (TPSA) is 105 Å². The van der Waals surface area contributed by atoms with E-state index in [0.29, 0.717) is 13.0 Å². The van der Waals surface area contributed by atoms with Crippen molar-refractivity contribution in [1.82, 2.24) is 20.6 Å². The molecular formula is C29H33N5O2. The molecule has 1 amide bonds. The lowest BCUT2D eigenvalue weighted by Gasteiger charge is -2.14. The summed E-state index contributed by atoms with van der Waals surface area (Å²) in [6.07, 6.45) is 14.5. The van der Waals surface area contributed by atoms with Gasteiger partial charge in [-0.25, -0.2) is 0 Å². The number of aliphatic hydroxyl groups excluding tert-OH is 1. The van der Waals surface area contributed by atoms with Crippen LogP contribution in [0, 0.1) is 5.92 Å². The van der Waals surface area contributed by atoms with E-state index < -0.39 is 0 Å². The lowest BCUT2D eigenvalue weighted by molar-refractivity contribution is -0.121. The minimum Gasteiger partial charge on any atom is -0.396 e. The zero-order valence-corrected chi connectivity index (χ0v) is 20.4. The fourth-order valence-electron chi connectivity index (χ4n) is 5.72. The first-order valence-corrected chi connectivity index (χ1v) is 13.1. The van der Waals surface area contributed by atoms with Gasteiger partial charge in [-0.3, -0.25) is 9.79 Å². The summed E-state index contributed by atoms with van der Waals surface area (Å²) in [5, 5.41) is 17.8. The molecule has 186 valence electrons. The number of aromatic nitrogens is 2. The van der Waals surface area contributed by atoms with Crippen LogP contribution in [0.15, 0.2) is 57.9 Å². The van der Waals surface area contributed by atoms with Crippen LogP contribution in [0.25, 0.3) is 18.2 Å². The van der Waals surface area contributed by atoms with Gasteiger partial charge in [0.25, 0.3) is 0 Å². The number of fused-ring (bicyclic) bond motifs is 7. The van der Waals surface area contributed by atoms with E-state index >= 15 is 0 Å². The molecule has 0 spiro atoms. The fraction of sp³-hybridized carbons (Fsp3) is 0.379. The maximum atomic E-state index is 12.5. The molecule has 1 saturated carbocycles. The number of aliphatic hydroxyl groups is 1. The molecule has 5 N–H and O–H groups in total. The van der Waals surface area contributed by atoms with E-state index in [1.54, 1.807) is 0 Å². The molecule has 5 heterocycles. The molecule has 7 nitrogen and oxygen atoms in total. The Morgan fingerprint density at radius 1 is 1.03 bits per heavy atom. The summed E-state index contributed by atoms with van der Waals surface area (Å²) < 4.78 is 0. The number of nitrogens with one attached hydrogen (secondary N) is 4. The second-order valence-electron chi connectivity index (χ2n) is 10.1. The molecule has 7 heteroatoms. The Morgan fingerprint density at radius 3 is 2.78 bits per heavy atom. The van der Waals surface area contributed by atoms with Gasteiger partial charge in [-0.05, 0) is 92.2 Å². The average molecular weight is 484 g/mol. The van der Waals surface area contributed by atoms with Gasteiger partial charge in [0.1, 0.15) is 0 Å². The van der Waals surface area contributed by atoms with Crippen LogP contribution in [0.2, 0.25) is 0 Å². The summed E-state index contributed by atoms with van der Waals surface area (Å²) >= 11 is 0. The third-order valence-electron chi connectivity index (χ3n) is 7.46. The van der Waals surface area contributed by atoms with Crippen LogP contribution in [0.1, 0.15) is 56.3 Å². The predicted molar refractivity (Wildman–Crippen MR) is 142 cm³/mol. The molecule has 2 aromatic rings. The van der Waals surface area contributed by atoms with Crippen LogP contribution in [0.3, 0.4) is 0 Å². The number of carbonyl (C=O) groups excluding carboxylic acids is 1. The molecule has 3 aliphatic heterocycles. The number of aromatic amines is 2. The summed E-state index contributed by atoms with van der Waals surface area (Å²) in [7, 11) is 0. The van der Waals surface area contributed by atoms with Gasteiger partial charge < -0.3 is 25.7 Å². The highest BCUT2D eigenvalue weighted by atomic mass is 16.3. The Kier molecular flexibility index (Phi) is 6.23. The lowest BCUT2D eigenvalue weighted by Crippen LogP contribution is -2.25. The van der Waals surface area contributed by atoms with Gasteiger partial charge in [-0.2, -0.15) is 0 Å². The monoisotopic (exact) mass is 483 g/mol. The predicted octanol–water partition coefficient (Wildman–Crippen LogP) is 2.38. The van der Waals surface area contributed by atoms with E-state index in [4.69, 9.17) is 10.1 Å². The molecular weight excluding hydrogens is 450 g/mol. The Balaban J connectivity index is 1.32. The third kappa shape index (κ3) is 4.75. The lowest BCUT2D eigenvalue weighted by atomic mass is 9.94. The molecule has 0 radical (unpaired) electrons. The Labute approximate surface area is 210 Å². The van der Waals surface area contributed by atoms with Crippen molar-refractivity contribution in [2.75, 3.05) is 13.2 Å². The Bertz CT molecular complexity index is 1420. The fourth-order valence-corrected chi connectivity index (χ4v) is 5.72. The molecule has 0 aromatic carbocycles. The number of allylic oxidation sites excluding steroid dienone is 4. The van der Waals surface area contributed by atoms with E-state index in [-0.39, 0.29) is 24.5 Å². The first kappa shape index (κ1) is 22.9. The summed E-state index contributed by atoms with van der Waals surface area (Å²) in [6.45, 7) is 0.791. The molecule has 1 saturated heterocycles. The van der Waals surface area contributed by atoms with Gasteiger partial charge in [-0.15, -0.1) is 0 Å². The largest absolute Gasteiger partial charge is 0.396 e. The molecule has 2 atom stereocenters. The standard InChI is InChI=1S/C29H33N5O2/c35-12-2-1-11-30-27(36)10-4-19-14-25-17-23-8-6-21(32-23)15-20-5-7-22(31-20)16-24-13-18-3-9-26(28(18)33-24)29(19)34-25/h5-8,13,15-17,19,24,31-32,34-35H,1-4,9-12,14H2,(H,30,36). The van der Waals surface area contributed by atoms with Crippen molar-refractivity contribution in [2.45, 2.75) is 51.0 Å². The van der Waals surface area contributed by atoms with Gasteiger partial charge >= 0.3 is 0 Å². The van der Waals surface area contributed by atoms with Crippen molar-refractivity contribution in [1.29, 1.82) is 0 Å². The van der Waals surface area contributed by atoms with Crippen LogP contribution in [0.5, 0.6) is 0 Å². The van der Waals surface area contributed by atoms with E-state index in [1.807, 2.05) is 0 Å². The summed E-state index contributed by atoms with van der Waals surface area (Å²) in [5.41, 5.74) is 8.33. The van der Waals surface area contributed by atoms with Crippen LogP contribution < -0.4 is 21.3 Å². The number of carbonyl (C=O) groups is 1. The normalized spacial score (nSPS) is 21.9. The molecule has 36 heavy (non-hydrogen) atoms. The van der Waals surface area contributed by atoms with E-state index in [9.17, 15) is 4.79 Å². The SMILES string of the molecule is O=C(CCC1CC2=Cc3ccc([nH]3)C=c3ccc([nH]3)=CC3C=C4CCC(=C1N2)C4=N3)NCCCCO. The van der Waals surface area contributed by atoms with Crippen LogP contribution in [-0.2, 0) is 4.79 Å². The summed E-state index contributed by atoms with van der Waals surface area (Å²) in [4.78, 5) is 24.6. The van der Waals surface area contributed by atoms with Crippen molar-refractivity contribution in [2.24, 2.45) is 10.9 Å². The number of hydrogen-bond donors (Lipinski definition) is 5. The first-order valence-electron chi connectivity index (χ1n) is 13.1. The Hall–Kier alpha value is -3.58. The number of H-pyrrole nitrogens is 2. The molecule has 4 aliphatic rings. The van der Waals surface area contributed by atoms with Crippen molar-refractivity contribution >= 4 is 29.8 Å². The summed E-state index contributed by atoms with van der Waals surface area (Å²) in [5.74, 6) is 0.351. The highest BCUT2D eigenvalue weighted by Crippen LogP contribution is 2.40. The quantitative estimate of drug-likeness (QED) is 0.391. The second-order valence-corrected chi connectivity index (χ2v) is 10.1. The molecule has 2 unspecified atom stereocenters. The number of amides is 1. The first-order chi connectivity index (χ1) is 17.6. The van der Waals surface area contributed by atoms with Gasteiger partial charge in [0.05, 0.1) is 11.8 Å². The minimum atomic E-state index is 0.0435. The Morgan fingerprint density at radius 2 is 1.89 bits per heavy atom. The maximum absolute atomic E-state index is 12.5. The number of hydrogen-bond acceptors (Lipinski definition) is 4. The summed E-state index contributed by atoms with van der Waals surface area (Å²) in [6, 6.07) is 8.46. The van der Waals surface area contributed by atoms with E-state index in [2.05, 4.69) is 69.2 Å². The van der Waals surface area contributed by atoms with Crippen molar-refractivity contribution in [3.8, 4) is 0 Å². The van der Waals surface area contributed by atoms with Gasteiger partial charge in [0.15, 0.2) is 0 Å². The highest BCUT2D eigenvalue weighted by Gasteiger charge is 2.34. The minimum absolute atomic E-state index is 0.0435. The van der Waals surface area contributed by atoms with Crippen molar-refractivity contribution < 1.29 is 9.90 Å². The van der Waals surface area contributed by atoms with Gasteiger partial charge in [0.2, 0.25) is 5.91 Å². The number of rotatable bonds is 7. The number of nitrogens with zero attached hydrogens (tertiary/aromatic N) is 1. The van der Waals surface area contributed by atoms with E-state index in [1.165, 1.54) is 22.5 Å². The third-order valence-corrected chi connectivity index (χ3v) is 7.46. The molecule has 8 bridgehead atoms. The highest BCUT2D eigenvalue weighted by molar-refractivity contribution is 6.17. The van der Waals surface area contributed by atoms with Crippen LogP contribution >= 0.6 is 0 Å². The van der Waals surface area contributed by atoms with Crippen molar-refractivity contribution in [3.05, 3.63) is 75.0 Å². The zero-order valence-electron chi connectivity index (χ0n) is 20.4. The maximum Gasteiger partial charge on any atom is 0.220 e. The number of aliphatic imine (C=N–C) groups is 1. The van der Waals surface area contributed by atoms with Crippen LogP contribution in [0.4, 0.5) is 0 Å². The number of unbranched alkanes of at least 4 members (excludes halogenated alkanes) is 1. The van der Waals surface area contributed by atoms with Crippen molar-refractivity contribution in [3.63, 3.8) is 0 Å². The molecule has 6 rings (SSSR count). The van der Waals surface area contributed by atoms with E-state index in [0.717, 1.165) is 66.3 Å². The van der Waals surface area contributed by atoms with Crippen LogP contribution in [-0.4, -0.2) is 45.9 Å². The molecule has 2 aromatic heterocycles.